The van der Waals surface area contributed by atoms with Crippen molar-refractivity contribution >= 4 is 17.6 Å². The molecule has 4 N–H and O–H groups in total. The van der Waals surface area contributed by atoms with Crippen LogP contribution in [0.3, 0.4) is 0 Å². The molecule has 0 saturated carbocycles. The van der Waals surface area contributed by atoms with Crippen molar-refractivity contribution in [2.24, 2.45) is 0 Å². The van der Waals surface area contributed by atoms with Crippen molar-refractivity contribution < 1.29 is 24.5 Å². The predicted octanol–water partition coefficient (Wildman–Crippen LogP) is 0.406. The van der Waals surface area contributed by atoms with Crippen molar-refractivity contribution in [3.05, 3.63) is 23.8 Å². The summed E-state index contributed by atoms with van der Waals surface area (Å²) in [7, 11) is 1.58. The average molecular weight is 280 g/mol. The summed E-state index contributed by atoms with van der Waals surface area (Å²) in [6, 6.07) is 3.30. The van der Waals surface area contributed by atoms with Gasteiger partial charge in [-0.15, -0.1) is 0 Å². The maximum absolute atomic E-state index is 12.0. The molecule has 0 aromatic heterocycles. The molecule has 1 aliphatic heterocycles. The van der Waals surface area contributed by atoms with Gasteiger partial charge in [0.25, 0.3) is 0 Å². The lowest BCUT2D eigenvalue weighted by molar-refractivity contribution is -0.118. The Hall–Kier alpha value is -2.12. The van der Waals surface area contributed by atoms with Crippen LogP contribution in [0.2, 0.25) is 0 Å². The third-order valence-electron chi connectivity index (χ3n) is 3.24. The first-order chi connectivity index (χ1) is 9.51. The molecule has 2 rings (SSSR count). The number of phenols is 1. The van der Waals surface area contributed by atoms with E-state index >= 15 is 0 Å². The summed E-state index contributed by atoms with van der Waals surface area (Å²) in [5.74, 6) is -1.63. The molecule has 1 aliphatic rings. The lowest BCUT2D eigenvalue weighted by Gasteiger charge is -2.12. The smallest absolute Gasteiger partial charge is 0.335 e. The highest BCUT2D eigenvalue weighted by Gasteiger charge is 2.29. The van der Waals surface area contributed by atoms with Crippen LogP contribution in [0.4, 0.5) is 5.69 Å². The van der Waals surface area contributed by atoms with Crippen LogP contribution >= 0.6 is 0 Å². The maximum atomic E-state index is 12.0. The molecule has 20 heavy (non-hydrogen) atoms. The van der Waals surface area contributed by atoms with Gasteiger partial charge in [0.1, 0.15) is 5.75 Å². The number of carbonyl (C=O) groups is 2. The Kier molecular flexibility index (Phi) is 4.21. The number of ether oxygens (including phenoxy) is 1. The van der Waals surface area contributed by atoms with E-state index in [2.05, 4.69) is 10.6 Å². The lowest BCUT2D eigenvalue weighted by Crippen LogP contribution is -2.35. The number of phenolic OH excluding ortho intramolecular Hbond substituents is 1. The van der Waals surface area contributed by atoms with Gasteiger partial charge in [-0.05, 0) is 24.6 Å². The van der Waals surface area contributed by atoms with Gasteiger partial charge in [-0.25, -0.2) is 4.79 Å². The van der Waals surface area contributed by atoms with E-state index < -0.39 is 12.0 Å². The largest absolute Gasteiger partial charge is 0.506 e. The standard InChI is InChI=1S/C13H16N2O5/c1-20-8-5-10(14-6-8)12(17)15-9-4-7(13(18)19)2-3-11(9)16/h2-4,8,10,14,16H,5-6H2,1H3,(H,15,17)(H,18,19). The van der Waals surface area contributed by atoms with Gasteiger partial charge in [0.2, 0.25) is 5.91 Å². The molecule has 0 aliphatic carbocycles. The minimum Gasteiger partial charge on any atom is -0.506 e. The molecule has 108 valence electrons. The Morgan fingerprint density at radius 3 is 2.80 bits per heavy atom. The summed E-state index contributed by atoms with van der Waals surface area (Å²) in [4.78, 5) is 22.9. The molecule has 1 heterocycles. The van der Waals surface area contributed by atoms with Crippen LogP contribution < -0.4 is 10.6 Å². The number of benzene rings is 1. The van der Waals surface area contributed by atoms with Gasteiger partial charge in [-0.1, -0.05) is 0 Å². The number of carboxylic acid groups (broad SMARTS) is 1. The van der Waals surface area contributed by atoms with Gasteiger partial charge >= 0.3 is 5.97 Å². The van der Waals surface area contributed by atoms with E-state index in [9.17, 15) is 14.7 Å². The second kappa shape index (κ2) is 5.89. The topological polar surface area (TPSA) is 108 Å². The fraction of sp³-hybridized carbons (Fsp3) is 0.385. The quantitative estimate of drug-likeness (QED) is 0.595. The van der Waals surface area contributed by atoms with Crippen molar-refractivity contribution in [1.82, 2.24) is 5.32 Å². The number of amides is 1. The monoisotopic (exact) mass is 280 g/mol. The van der Waals surface area contributed by atoms with Gasteiger partial charge in [-0.3, -0.25) is 4.79 Å². The third kappa shape index (κ3) is 3.06. The fourth-order valence-corrected chi connectivity index (χ4v) is 2.07. The fourth-order valence-electron chi connectivity index (χ4n) is 2.07. The molecule has 7 heteroatoms. The molecule has 2 unspecified atom stereocenters. The summed E-state index contributed by atoms with van der Waals surface area (Å²) in [5.41, 5.74) is 0.0739. The van der Waals surface area contributed by atoms with Crippen LogP contribution in [0, 0.1) is 0 Å². The molecule has 1 aromatic carbocycles. The summed E-state index contributed by atoms with van der Waals surface area (Å²) in [6.07, 6.45) is 0.506. The van der Waals surface area contributed by atoms with Crippen LogP contribution in [0.25, 0.3) is 0 Å². The van der Waals surface area contributed by atoms with Crippen molar-refractivity contribution in [1.29, 1.82) is 0 Å². The number of rotatable bonds is 4. The number of methoxy groups -OCH3 is 1. The summed E-state index contributed by atoms with van der Waals surface area (Å²) >= 11 is 0. The van der Waals surface area contributed by atoms with Gasteiger partial charge in [0.05, 0.1) is 23.4 Å². The first kappa shape index (κ1) is 14.3. The average Bonchev–Trinajstić information content (AvgIpc) is 2.89. The summed E-state index contributed by atoms with van der Waals surface area (Å²) in [6.45, 7) is 0.579. The Balaban J connectivity index is 2.08. The highest BCUT2D eigenvalue weighted by Crippen LogP contribution is 2.25. The van der Waals surface area contributed by atoms with E-state index in [1.807, 2.05) is 0 Å². The predicted molar refractivity (Wildman–Crippen MR) is 70.9 cm³/mol. The van der Waals surface area contributed by atoms with E-state index in [4.69, 9.17) is 9.84 Å². The highest BCUT2D eigenvalue weighted by atomic mass is 16.5. The van der Waals surface area contributed by atoms with E-state index in [-0.39, 0.29) is 29.0 Å². The van der Waals surface area contributed by atoms with E-state index in [1.54, 1.807) is 7.11 Å². The van der Waals surface area contributed by atoms with Crippen LogP contribution in [0.1, 0.15) is 16.8 Å². The highest BCUT2D eigenvalue weighted by molar-refractivity contribution is 5.98. The zero-order chi connectivity index (χ0) is 14.7. The lowest BCUT2D eigenvalue weighted by atomic mass is 10.1. The summed E-state index contributed by atoms with van der Waals surface area (Å²) in [5, 5.41) is 24.1. The number of anilines is 1. The number of carbonyl (C=O) groups excluding carboxylic acids is 1. The van der Waals surface area contributed by atoms with E-state index in [0.29, 0.717) is 13.0 Å². The molecule has 0 spiro atoms. The Morgan fingerprint density at radius 1 is 1.45 bits per heavy atom. The Morgan fingerprint density at radius 2 is 2.20 bits per heavy atom. The van der Waals surface area contributed by atoms with Gasteiger partial charge in [-0.2, -0.15) is 0 Å². The van der Waals surface area contributed by atoms with Crippen LogP contribution in [-0.4, -0.2) is 47.9 Å². The maximum Gasteiger partial charge on any atom is 0.335 e. The third-order valence-corrected chi connectivity index (χ3v) is 3.24. The van der Waals surface area contributed by atoms with E-state index in [1.165, 1.54) is 18.2 Å². The second-order valence-electron chi connectivity index (χ2n) is 4.58. The van der Waals surface area contributed by atoms with E-state index in [0.717, 1.165) is 0 Å². The number of carboxylic acids is 1. The molecule has 2 atom stereocenters. The minimum absolute atomic E-state index is 0.00718. The molecular formula is C13H16N2O5. The number of nitrogens with one attached hydrogen (secondary N) is 2. The number of hydrogen-bond acceptors (Lipinski definition) is 5. The van der Waals surface area contributed by atoms with Crippen molar-refractivity contribution in [3.8, 4) is 5.75 Å². The molecule has 1 saturated heterocycles. The normalized spacial score (nSPS) is 21.6. The van der Waals surface area contributed by atoms with Gasteiger partial charge in [0, 0.05) is 13.7 Å². The number of aromatic hydroxyl groups is 1. The van der Waals surface area contributed by atoms with Crippen LogP contribution in [0.15, 0.2) is 18.2 Å². The molecule has 1 amide bonds. The van der Waals surface area contributed by atoms with Crippen molar-refractivity contribution in [2.75, 3.05) is 19.0 Å². The van der Waals surface area contributed by atoms with Gasteiger partial charge in [0.15, 0.2) is 0 Å². The van der Waals surface area contributed by atoms with Gasteiger partial charge < -0.3 is 25.6 Å². The first-order valence-electron chi connectivity index (χ1n) is 6.14. The SMILES string of the molecule is COC1CNC(C(=O)Nc2cc(C(=O)O)ccc2O)C1. The molecule has 1 fully saturated rings. The number of aromatic carboxylic acids is 1. The van der Waals surface area contributed by atoms with Crippen molar-refractivity contribution in [3.63, 3.8) is 0 Å². The molecule has 1 aromatic rings. The molecular weight excluding hydrogens is 264 g/mol. The minimum atomic E-state index is -1.13. The molecule has 0 bridgehead atoms. The summed E-state index contributed by atoms with van der Waals surface area (Å²) < 4.78 is 5.15. The first-order valence-corrected chi connectivity index (χ1v) is 6.14. The Bertz CT molecular complexity index is 531. The zero-order valence-corrected chi connectivity index (χ0v) is 10.9. The molecule has 0 radical (unpaired) electrons. The zero-order valence-electron chi connectivity index (χ0n) is 10.9. The number of hydrogen-bond donors (Lipinski definition) is 4. The Labute approximate surface area is 115 Å². The van der Waals surface area contributed by atoms with Crippen molar-refractivity contribution in [2.45, 2.75) is 18.6 Å². The van der Waals surface area contributed by atoms with Crippen LogP contribution in [-0.2, 0) is 9.53 Å². The molecule has 7 nitrogen and oxygen atoms in total. The second-order valence-corrected chi connectivity index (χ2v) is 4.58. The van der Waals surface area contributed by atoms with Crippen LogP contribution in [0.5, 0.6) is 5.75 Å².